The molecule has 0 spiro atoms. The molecule has 0 saturated carbocycles. The molecular weight excluding hydrogens is 278 g/mol. The summed E-state index contributed by atoms with van der Waals surface area (Å²) in [6.07, 6.45) is 6.00. The van der Waals surface area contributed by atoms with Crippen molar-refractivity contribution in [1.29, 1.82) is 0 Å². The molecule has 1 aliphatic heterocycles. The van der Waals surface area contributed by atoms with E-state index in [0.717, 1.165) is 10.3 Å². The average molecular weight is 294 g/mol. The van der Waals surface area contributed by atoms with Crippen LogP contribution in [0.1, 0.15) is 31.0 Å². The highest BCUT2D eigenvalue weighted by Crippen LogP contribution is 2.29. The van der Waals surface area contributed by atoms with Gasteiger partial charge in [-0.15, -0.1) is 0 Å². The number of piperidine rings is 1. The predicted octanol–water partition coefficient (Wildman–Crippen LogP) is 3.25. The fourth-order valence-corrected chi connectivity index (χ4v) is 3.04. The minimum Gasteiger partial charge on any atom is -0.298 e. The first kappa shape index (κ1) is 11.2. The SMILES string of the molecule is CN1CCCCC1c1cn2c(Br)cccc2n1. The van der Waals surface area contributed by atoms with E-state index in [4.69, 9.17) is 4.98 Å². The van der Waals surface area contributed by atoms with Crippen LogP contribution in [-0.2, 0) is 0 Å². The number of halogens is 1. The molecule has 3 heterocycles. The van der Waals surface area contributed by atoms with Crippen LogP contribution in [-0.4, -0.2) is 27.9 Å². The standard InChI is InChI=1S/C13H16BrN3/c1-16-8-3-2-5-11(16)10-9-17-12(14)6-4-7-13(17)15-10/h4,6-7,9,11H,2-3,5,8H2,1H3. The van der Waals surface area contributed by atoms with Crippen LogP contribution in [0.3, 0.4) is 0 Å². The van der Waals surface area contributed by atoms with Crippen LogP contribution >= 0.6 is 15.9 Å². The van der Waals surface area contributed by atoms with Gasteiger partial charge in [0.15, 0.2) is 0 Å². The minimum absolute atomic E-state index is 0.482. The van der Waals surface area contributed by atoms with E-state index in [1.54, 1.807) is 0 Å². The number of fused-ring (bicyclic) bond motifs is 1. The quantitative estimate of drug-likeness (QED) is 0.753. The molecule has 1 aliphatic rings. The van der Waals surface area contributed by atoms with Crippen LogP contribution in [0, 0.1) is 0 Å². The van der Waals surface area contributed by atoms with Crippen LogP contribution < -0.4 is 0 Å². The molecule has 3 nitrogen and oxygen atoms in total. The van der Waals surface area contributed by atoms with Gasteiger partial charge in [-0.3, -0.25) is 9.30 Å². The van der Waals surface area contributed by atoms with Crippen molar-refractivity contribution in [3.05, 3.63) is 34.7 Å². The van der Waals surface area contributed by atoms with Crippen molar-refractivity contribution in [1.82, 2.24) is 14.3 Å². The summed E-state index contributed by atoms with van der Waals surface area (Å²) in [6, 6.07) is 6.61. The summed E-state index contributed by atoms with van der Waals surface area (Å²) in [4.78, 5) is 7.15. The summed E-state index contributed by atoms with van der Waals surface area (Å²) in [5.74, 6) is 0. The molecule has 1 fully saturated rings. The Bertz CT molecular complexity index is 534. The number of nitrogens with zero attached hydrogens (tertiary/aromatic N) is 3. The van der Waals surface area contributed by atoms with Gasteiger partial charge in [-0.25, -0.2) is 4.98 Å². The lowest BCUT2D eigenvalue weighted by Crippen LogP contribution is -2.29. The molecule has 0 bridgehead atoms. The molecule has 1 unspecified atom stereocenters. The van der Waals surface area contributed by atoms with Crippen molar-refractivity contribution >= 4 is 21.6 Å². The summed E-state index contributed by atoms with van der Waals surface area (Å²) >= 11 is 3.56. The van der Waals surface area contributed by atoms with E-state index in [2.05, 4.69) is 44.5 Å². The fourth-order valence-electron chi connectivity index (χ4n) is 2.61. The number of pyridine rings is 1. The van der Waals surface area contributed by atoms with Crippen LogP contribution in [0.5, 0.6) is 0 Å². The third-order valence-electron chi connectivity index (χ3n) is 3.57. The van der Waals surface area contributed by atoms with Crippen LogP contribution in [0.4, 0.5) is 0 Å². The van der Waals surface area contributed by atoms with Crippen molar-refractivity contribution < 1.29 is 0 Å². The Morgan fingerprint density at radius 2 is 2.24 bits per heavy atom. The van der Waals surface area contributed by atoms with Crippen molar-refractivity contribution in [3.63, 3.8) is 0 Å². The number of aromatic nitrogens is 2. The Labute approximate surface area is 110 Å². The van der Waals surface area contributed by atoms with E-state index in [9.17, 15) is 0 Å². The van der Waals surface area contributed by atoms with Crippen molar-refractivity contribution in [3.8, 4) is 0 Å². The molecule has 4 heteroatoms. The molecule has 0 amide bonds. The molecule has 2 aromatic rings. The van der Waals surface area contributed by atoms with Crippen LogP contribution in [0.25, 0.3) is 5.65 Å². The smallest absolute Gasteiger partial charge is 0.137 e. The van der Waals surface area contributed by atoms with Gasteiger partial charge < -0.3 is 0 Å². The molecule has 1 atom stereocenters. The molecule has 0 aliphatic carbocycles. The second kappa shape index (κ2) is 4.42. The molecule has 2 aromatic heterocycles. The van der Waals surface area contributed by atoms with Gasteiger partial charge in [-0.05, 0) is 54.5 Å². The first-order valence-electron chi connectivity index (χ1n) is 6.09. The molecule has 0 N–H and O–H groups in total. The maximum atomic E-state index is 4.74. The van der Waals surface area contributed by atoms with Crippen molar-refractivity contribution in [2.45, 2.75) is 25.3 Å². The van der Waals surface area contributed by atoms with Crippen molar-refractivity contribution in [2.24, 2.45) is 0 Å². The molecule has 0 aromatic carbocycles. The van der Waals surface area contributed by atoms with E-state index in [1.807, 2.05) is 12.1 Å². The number of rotatable bonds is 1. The lowest BCUT2D eigenvalue weighted by Gasteiger charge is -2.31. The topological polar surface area (TPSA) is 20.5 Å². The van der Waals surface area contributed by atoms with E-state index in [1.165, 1.54) is 31.5 Å². The third-order valence-corrected chi connectivity index (χ3v) is 4.22. The van der Waals surface area contributed by atoms with Gasteiger partial charge in [0.1, 0.15) is 5.65 Å². The van der Waals surface area contributed by atoms with Gasteiger partial charge in [0.2, 0.25) is 0 Å². The Balaban J connectivity index is 2.02. The molecule has 0 radical (unpaired) electrons. The van der Waals surface area contributed by atoms with Gasteiger partial charge in [0.05, 0.1) is 16.3 Å². The Hall–Kier alpha value is -0.870. The van der Waals surface area contributed by atoms with Crippen LogP contribution in [0.15, 0.2) is 29.0 Å². The first-order valence-corrected chi connectivity index (χ1v) is 6.89. The number of imidazole rings is 1. The normalized spacial score (nSPS) is 22.1. The minimum atomic E-state index is 0.482. The maximum Gasteiger partial charge on any atom is 0.137 e. The number of likely N-dealkylation sites (tertiary alicyclic amines) is 1. The van der Waals surface area contributed by atoms with Gasteiger partial charge in [-0.1, -0.05) is 12.5 Å². The maximum absolute atomic E-state index is 4.74. The average Bonchev–Trinajstić information content (AvgIpc) is 2.75. The molecular formula is C13H16BrN3. The second-order valence-electron chi connectivity index (χ2n) is 4.73. The van der Waals surface area contributed by atoms with E-state index in [-0.39, 0.29) is 0 Å². The highest BCUT2D eigenvalue weighted by atomic mass is 79.9. The summed E-state index contributed by atoms with van der Waals surface area (Å²) < 4.78 is 3.17. The van der Waals surface area contributed by atoms with E-state index >= 15 is 0 Å². The molecule has 3 rings (SSSR count). The molecule has 17 heavy (non-hydrogen) atoms. The van der Waals surface area contributed by atoms with Gasteiger partial charge in [0.25, 0.3) is 0 Å². The largest absolute Gasteiger partial charge is 0.298 e. The summed E-state index contributed by atoms with van der Waals surface area (Å²) in [6.45, 7) is 1.18. The Kier molecular flexibility index (Phi) is 2.92. The fraction of sp³-hybridized carbons (Fsp3) is 0.462. The van der Waals surface area contributed by atoms with Gasteiger partial charge in [0, 0.05) is 6.20 Å². The van der Waals surface area contributed by atoms with E-state index < -0.39 is 0 Å². The Morgan fingerprint density at radius 3 is 3.00 bits per heavy atom. The first-order chi connectivity index (χ1) is 8.25. The summed E-state index contributed by atoms with van der Waals surface area (Å²) in [7, 11) is 2.20. The molecule has 90 valence electrons. The zero-order chi connectivity index (χ0) is 11.8. The predicted molar refractivity (Wildman–Crippen MR) is 72.1 cm³/mol. The number of hydrogen-bond donors (Lipinski definition) is 0. The zero-order valence-electron chi connectivity index (χ0n) is 9.93. The number of hydrogen-bond acceptors (Lipinski definition) is 2. The zero-order valence-corrected chi connectivity index (χ0v) is 11.5. The van der Waals surface area contributed by atoms with E-state index in [0.29, 0.717) is 6.04 Å². The lowest BCUT2D eigenvalue weighted by atomic mass is 10.0. The summed E-state index contributed by atoms with van der Waals surface area (Å²) in [5, 5.41) is 0. The summed E-state index contributed by atoms with van der Waals surface area (Å²) in [5.41, 5.74) is 2.22. The highest BCUT2D eigenvalue weighted by molar-refractivity contribution is 9.10. The third kappa shape index (κ3) is 2.00. The highest BCUT2D eigenvalue weighted by Gasteiger charge is 2.23. The van der Waals surface area contributed by atoms with Gasteiger partial charge >= 0.3 is 0 Å². The molecule has 1 saturated heterocycles. The lowest BCUT2D eigenvalue weighted by molar-refractivity contribution is 0.184. The van der Waals surface area contributed by atoms with Crippen LogP contribution in [0.2, 0.25) is 0 Å². The van der Waals surface area contributed by atoms with Gasteiger partial charge in [-0.2, -0.15) is 0 Å². The monoisotopic (exact) mass is 293 g/mol. The second-order valence-corrected chi connectivity index (χ2v) is 5.55. The Morgan fingerprint density at radius 1 is 1.35 bits per heavy atom. The van der Waals surface area contributed by atoms with Crippen molar-refractivity contribution in [2.75, 3.05) is 13.6 Å².